The molecule has 0 aromatic heterocycles. The van der Waals surface area contributed by atoms with E-state index in [0.29, 0.717) is 5.92 Å². The lowest BCUT2D eigenvalue weighted by Gasteiger charge is -2.33. The third-order valence-corrected chi connectivity index (χ3v) is 3.82. The van der Waals surface area contributed by atoms with Gasteiger partial charge in [0.2, 0.25) is 0 Å². The second-order valence-electron chi connectivity index (χ2n) is 4.97. The molecule has 92 valence electrons. The zero-order valence-electron chi connectivity index (χ0n) is 9.73. The summed E-state index contributed by atoms with van der Waals surface area (Å²) in [5.74, 6) is 0.0134. The third kappa shape index (κ3) is 3.19. The average molecular weight is 227 g/mol. The molecule has 0 aromatic carbocycles. The Morgan fingerprint density at radius 3 is 2.38 bits per heavy atom. The Bertz CT molecular complexity index is 230. The first-order valence-electron chi connectivity index (χ1n) is 6.28. The van der Waals surface area contributed by atoms with Crippen LogP contribution in [0.4, 0.5) is 0 Å². The molecular formula is C12H21NO3. The van der Waals surface area contributed by atoms with Gasteiger partial charge in [-0.2, -0.15) is 0 Å². The van der Waals surface area contributed by atoms with E-state index in [9.17, 15) is 4.79 Å². The first-order valence-corrected chi connectivity index (χ1v) is 6.28. The van der Waals surface area contributed by atoms with Crippen LogP contribution < -0.4 is 0 Å². The molecule has 4 heteroatoms. The highest BCUT2D eigenvalue weighted by Crippen LogP contribution is 2.29. The Morgan fingerprint density at radius 1 is 1.19 bits per heavy atom. The van der Waals surface area contributed by atoms with Gasteiger partial charge in [0.05, 0.1) is 19.1 Å². The standard InChI is InChI=1S/C12H21NO3/c14-12(15)11-3-1-10(2-4-11)9-13-5-7-16-8-6-13/h10-11H,1-9H2,(H,14,15)/t10-,11-. The summed E-state index contributed by atoms with van der Waals surface area (Å²) in [6.07, 6.45) is 3.89. The molecular weight excluding hydrogens is 206 g/mol. The maximum absolute atomic E-state index is 10.8. The van der Waals surface area contributed by atoms with Gasteiger partial charge in [0.1, 0.15) is 0 Å². The second-order valence-corrected chi connectivity index (χ2v) is 4.97. The number of nitrogens with zero attached hydrogens (tertiary/aromatic N) is 1. The van der Waals surface area contributed by atoms with Crippen LogP contribution in [0.1, 0.15) is 25.7 Å². The minimum atomic E-state index is -0.607. The van der Waals surface area contributed by atoms with Gasteiger partial charge in [0.25, 0.3) is 0 Å². The molecule has 0 atom stereocenters. The van der Waals surface area contributed by atoms with Crippen molar-refractivity contribution in [3.63, 3.8) is 0 Å². The number of hydrogen-bond donors (Lipinski definition) is 1. The van der Waals surface area contributed by atoms with E-state index in [1.165, 1.54) is 0 Å². The van der Waals surface area contributed by atoms with Gasteiger partial charge in [-0.15, -0.1) is 0 Å². The van der Waals surface area contributed by atoms with E-state index in [1.807, 2.05) is 0 Å². The molecule has 2 rings (SSSR count). The summed E-state index contributed by atoms with van der Waals surface area (Å²) in [7, 11) is 0. The van der Waals surface area contributed by atoms with Crippen LogP contribution in [-0.2, 0) is 9.53 Å². The van der Waals surface area contributed by atoms with Crippen molar-refractivity contribution >= 4 is 5.97 Å². The Kier molecular flexibility index (Phi) is 4.18. The Labute approximate surface area is 96.6 Å². The van der Waals surface area contributed by atoms with Crippen molar-refractivity contribution in [1.29, 1.82) is 0 Å². The lowest BCUT2D eigenvalue weighted by Crippen LogP contribution is -2.40. The number of carbonyl (C=O) groups is 1. The number of carboxylic acids is 1. The van der Waals surface area contributed by atoms with Gasteiger partial charge in [-0.3, -0.25) is 9.69 Å². The number of rotatable bonds is 3. The van der Waals surface area contributed by atoms with Crippen LogP contribution in [-0.4, -0.2) is 48.8 Å². The first kappa shape index (κ1) is 11.9. The molecule has 0 spiro atoms. The summed E-state index contributed by atoms with van der Waals surface area (Å²) >= 11 is 0. The van der Waals surface area contributed by atoms with Gasteiger partial charge in [-0.05, 0) is 31.6 Å². The highest BCUT2D eigenvalue weighted by Gasteiger charge is 2.27. The zero-order valence-corrected chi connectivity index (χ0v) is 9.73. The largest absolute Gasteiger partial charge is 0.481 e. The van der Waals surface area contributed by atoms with Crippen LogP contribution >= 0.6 is 0 Å². The fourth-order valence-corrected chi connectivity index (χ4v) is 2.74. The number of aliphatic carboxylic acids is 1. The van der Waals surface area contributed by atoms with Gasteiger partial charge in [0, 0.05) is 19.6 Å². The molecule has 1 N–H and O–H groups in total. The van der Waals surface area contributed by atoms with Crippen LogP contribution in [0.2, 0.25) is 0 Å². The zero-order chi connectivity index (χ0) is 11.4. The predicted octanol–water partition coefficient (Wildman–Crippen LogP) is 1.21. The Hall–Kier alpha value is -0.610. The van der Waals surface area contributed by atoms with E-state index in [4.69, 9.17) is 9.84 Å². The molecule has 0 aromatic rings. The SMILES string of the molecule is O=C(O)[C@H]1CC[C@H](CN2CCOCC2)CC1. The minimum absolute atomic E-state index is 0.0825. The summed E-state index contributed by atoms with van der Waals surface area (Å²) in [5, 5.41) is 8.92. The van der Waals surface area contributed by atoms with Crippen LogP contribution in [0.3, 0.4) is 0 Å². The van der Waals surface area contributed by atoms with E-state index in [2.05, 4.69) is 4.90 Å². The number of ether oxygens (including phenoxy) is 1. The third-order valence-electron chi connectivity index (χ3n) is 3.82. The van der Waals surface area contributed by atoms with Crippen LogP contribution in [0, 0.1) is 11.8 Å². The molecule has 0 radical (unpaired) electrons. The number of hydrogen-bond acceptors (Lipinski definition) is 3. The van der Waals surface area contributed by atoms with Crippen molar-refractivity contribution in [1.82, 2.24) is 4.90 Å². The van der Waals surface area contributed by atoms with Crippen LogP contribution in [0.15, 0.2) is 0 Å². The molecule has 1 aliphatic heterocycles. The molecule has 16 heavy (non-hydrogen) atoms. The van der Waals surface area contributed by atoms with Crippen molar-refractivity contribution in [2.75, 3.05) is 32.8 Å². The monoisotopic (exact) mass is 227 g/mol. The fraction of sp³-hybridized carbons (Fsp3) is 0.917. The van der Waals surface area contributed by atoms with Crippen molar-refractivity contribution in [2.45, 2.75) is 25.7 Å². The molecule has 0 bridgehead atoms. The summed E-state index contributed by atoms with van der Waals surface area (Å²) in [6, 6.07) is 0. The van der Waals surface area contributed by atoms with Crippen LogP contribution in [0.25, 0.3) is 0 Å². The van der Waals surface area contributed by atoms with Gasteiger partial charge < -0.3 is 9.84 Å². The van der Waals surface area contributed by atoms with Crippen molar-refractivity contribution in [3.05, 3.63) is 0 Å². The predicted molar refractivity (Wildman–Crippen MR) is 60.3 cm³/mol. The van der Waals surface area contributed by atoms with Crippen molar-refractivity contribution in [3.8, 4) is 0 Å². The lowest BCUT2D eigenvalue weighted by atomic mass is 9.82. The summed E-state index contributed by atoms with van der Waals surface area (Å²) < 4.78 is 5.32. The van der Waals surface area contributed by atoms with Gasteiger partial charge in [-0.1, -0.05) is 0 Å². The minimum Gasteiger partial charge on any atom is -0.481 e. The fourth-order valence-electron chi connectivity index (χ4n) is 2.74. The maximum Gasteiger partial charge on any atom is 0.306 e. The number of morpholine rings is 1. The Balaban J connectivity index is 1.70. The highest BCUT2D eigenvalue weighted by molar-refractivity contribution is 5.69. The summed E-state index contributed by atoms with van der Waals surface area (Å²) in [5.41, 5.74) is 0. The van der Waals surface area contributed by atoms with E-state index in [0.717, 1.165) is 58.5 Å². The second kappa shape index (κ2) is 5.64. The van der Waals surface area contributed by atoms with E-state index >= 15 is 0 Å². The summed E-state index contributed by atoms with van der Waals surface area (Å²) in [4.78, 5) is 13.3. The van der Waals surface area contributed by atoms with Gasteiger partial charge in [0.15, 0.2) is 0 Å². The molecule has 1 saturated carbocycles. The van der Waals surface area contributed by atoms with Crippen LogP contribution in [0.5, 0.6) is 0 Å². The molecule has 1 aliphatic carbocycles. The molecule has 2 fully saturated rings. The molecule has 1 saturated heterocycles. The molecule has 4 nitrogen and oxygen atoms in total. The molecule has 1 heterocycles. The lowest BCUT2D eigenvalue weighted by molar-refractivity contribution is -0.143. The quantitative estimate of drug-likeness (QED) is 0.787. The van der Waals surface area contributed by atoms with Gasteiger partial charge >= 0.3 is 5.97 Å². The Morgan fingerprint density at radius 2 is 1.81 bits per heavy atom. The van der Waals surface area contributed by atoms with Gasteiger partial charge in [-0.25, -0.2) is 0 Å². The molecule has 2 aliphatic rings. The average Bonchev–Trinajstić information content (AvgIpc) is 2.31. The highest BCUT2D eigenvalue weighted by atomic mass is 16.5. The van der Waals surface area contributed by atoms with E-state index < -0.39 is 5.97 Å². The van der Waals surface area contributed by atoms with E-state index in [1.54, 1.807) is 0 Å². The maximum atomic E-state index is 10.8. The van der Waals surface area contributed by atoms with Crippen molar-refractivity contribution in [2.24, 2.45) is 11.8 Å². The van der Waals surface area contributed by atoms with E-state index in [-0.39, 0.29) is 5.92 Å². The molecule has 0 unspecified atom stereocenters. The topological polar surface area (TPSA) is 49.8 Å². The molecule has 0 amide bonds. The number of carboxylic acid groups (broad SMARTS) is 1. The smallest absolute Gasteiger partial charge is 0.306 e. The first-order chi connectivity index (χ1) is 7.75. The summed E-state index contributed by atoms with van der Waals surface area (Å²) in [6.45, 7) is 4.92. The normalized spacial score (nSPS) is 32.5. The van der Waals surface area contributed by atoms with Crippen molar-refractivity contribution < 1.29 is 14.6 Å².